The number of hydrogen-bond acceptors (Lipinski definition) is 5. The van der Waals surface area contributed by atoms with E-state index < -0.39 is 0 Å². The van der Waals surface area contributed by atoms with Crippen LogP contribution in [0.5, 0.6) is 11.6 Å². The second-order valence-corrected chi connectivity index (χ2v) is 6.64. The maximum Gasteiger partial charge on any atom is 0.230 e. The zero-order valence-corrected chi connectivity index (χ0v) is 15.2. The van der Waals surface area contributed by atoms with Gasteiger partial charge in [-0.25, -0.2) is 9.37 Å². The standard InChI is InChI=1S/C19H23FN4O2/c1-13-7-8-17(18(22-25)24-10-9-15(12-24)23(2)3)19(21-13)26-16-6-4-5-14(20)11-16/h4-8,11,15,25H,9-10,12H2,1-3H3/b22-18-. The first-order valence-corrected chi connectivity index (χ1v) is 8.53. The zero-order valence-electron chi connectivity index (χ0n) is 15.2. The van der Waals surface area contributed by atoms with Crippen LogP contribution >= 0.6 is 0 Å². The summed E-state index contributed by atoms with van der Waals surface area (Å²) in [6, 6.07) is 9.91. The van der Waals surface area contributed by atoms with Crippen molar-refractivity contribution >= 4 is 5.84 Å². The fourth-order valence-electron chi connectivity index (χ4n) is 3.07. The summed E-state index contributed by atoms with van der Waals surface area (Å²) in [5.41, 5.74) is 1.33. The molecule has 1 aliphatic rings. The molecule has 0 bridgehead atoms. The minimum Gasteiger partial charge on any atom is -0.438 e. The van der Waals surface area contributed by atoms with Crippen LogP contribution in [0.3, 0.4) is 0 Å². The van der Waals surface area contributed by atoms with E-state index in [4.69, 9.17) is 4.74 Å². The molecule has 1 saturated heterocycles. The second-order valence-electron chi connectivity index (χ2n) is 6.64. The van der Waals surface area contributed by atoms with Crippen molar-refractivity contribution in [3.8, 4) is 11.6 Å². The Bertz CT molecular complexity index is 810. The van der Waals surface area contributed by atoms with Crippen molar-refractivity contribution in [2.75, 3.05) is 27.2 Å². The molecule has 0 saturated carbocycles. The number of oxime groups is 1. The van der Waals surface area contributed by atoms with E-state index >= 15 is 0 Å². The van der Waals surface area contributed by atoms with Crippen molar-refractivity contribution < 1.29 is 14.3 Å². The average Bonchev–Trinajstić information content (AvgIpc) is 3.07. The molecular weight excluding hydrogens is 335 g/mol. The Hall–Kier alpha value is -2.67. The van der Waals surface area contributed by atoms with E-state index in [9.17, 15) is 9.60 Å². The van der Waals surface area contributed by atoms with Crippen molar-refractivity contribution in [3.05, 3.63) is 53.5 Å². The Morgan fingerprint density at radius 1 is 1.35 bits per heavy atom. The largest absolute Gasteiger partial charge is 0.438 e. The van der Waals surface area contributed by atoms with Crippen molar-refractivity contribution in [1.29, 1.82) is 0 Å². The Kier molecular flexibility index (Phi) is 5.37. The van der Waals surface area contributed by atoms with Crippen LogP contribution in [0, 0.1) is 12.7 Å². The summed E-state index contributed by atoms with van der Waals surface area (Å²) in [4.78, 5) is 8.59. The second kappa shape index (κ2) is 7.70. The molecule has 1 N–H and O–H groups in total. The molecular formula is C19H23FN4O2. The maximum absolute atomic E-state index is 13.5. The monoisotopic (exact) mass is 358 g/mol. The molecule has 1 aromatic heterocycles. The average molecular weight is 358 g/mol. The number of rotatable bonds is 4. The molecule has 1 fully saturated rings. The number of pyridine rings is 1. The minimum absolute atomic E-state index is 0.289. The molecule has 1 unspecified atom stereocenters. The molecule has 0 radical (unpaired) electrons. The summed E-state index contributed by atoms with van der Waals surface area (Å²) >= 11 is 0. The number of likely N-dealkylation sites (tertiary alicyclic amines) is 1. The summed E-state index contributed by atoms with van der Waals surface area (Å²) in [7, 11) is 4.08. The molecule has 1 atom stereocenters. The number of likely N-dealkylation sites (N-methyl/N-ethyl adjacent to an activating group) is 1. The lowest BCUT2D eigenvalue weighted by Gasteiger charge is -2.23. The van der Waals surface area contributed by atoms with Gasteiger partial charge in [0.15, 0.2) is 5.84 Å². The summed E-state index contributed by atoms with van der Waals surface area (Å²) in [6.07, 6.45) is 0.978. The van der Waals surface area contributed by atoms with Gasteiger partial charge >= 0.3 is 0 Å². The van der Waals surface area contributed by atoms with Gasteiger partial charge in [-0.1, -0.05) is 11.2 Å². The van der Waals surface area contributed by atoms with E-state index in [0.29, 0.717) is 23.2 Å². The fraction of sp³-hybridized carbons (Fsp3) is 0.368. The number of hydrogen-bond donors (Lipinski definition) is 1. The van der Waals surface area contributed by atoms with E-state index in [1.54, 1.807) is 12.1 Å². The first-order chi connectivity index (χ1) is 12.5. The summed E-state index contributed by atoms with van der Waals surface area (Å²) in [5.74, 6) is 0.653. The first kappa shape index (κ1) is 18.1. The van der Waals surface area contributed by atoms with Gasteiger partial charge in [0.2, 0.25) is 5.88 Å². The normalized spacial score (nSPS) is 17.8. The highest BCUT2D eigenvalue weighted by Crippen LogP contribution is 2.27. The molecule has 3 rings (SSSR count). The molecule has 7 heteroatoms. The lowest BCUT2D eigenvalue weighted by Crippen LogP contribution is -2.35. The Morgan fingerprint density at radius 2 is 2.15 bits per heavy atom. The Balaban J connectivity index is 1.91. The summed E-state index contributed by atoms with van der Waals surface area (Å²) < 4.78 is 19.3. The minimum atomic E-state index is -0.388. The van der Waals surface area contributed by atoms with Crippen LogP contribution < -0.4 is 4.74 Å². The van der Waals surface area contributed by atoms with Gasteiger partial charge in [-0.3, -0.25) is 0 Å². The van der Waals surface area contributed by atoms with E-state index in [0.717, 1.165) is 25.2 Å². The number of halogens is 1. The molecule has 138 valence electrons. The van der Waals surface area contributed by atoms with E-state index in [1.807, 2.05) is 38.1 Å². The van der Waals surface area contributed by atoms with Gasteiger partial charge in [0, 0.05) is 30.9 Å². The molecule has 0 amide bonds. The molecule has 2 heterocycles. The van der Waals surface area contributed by atoms with Crippen molar-refractivity contribution in [2.24, 2.45) is 5.16 Å². The van der Waals surface area contributed by atoms with Gasteiger partial charge in [0.25, 0.3) is 0 Å². The number of amidine groups is 1. The van der Waals surface area contributed by atoms with Gasteiger partial charge in [0.05, 0.1) is 5.56 Å². The third-order valence-electron chi connectivity index (χ3n) is 4.54. The van der Waals surface area contributed by atoms with Gasteiger partial charge in [-0.05, 0) is 51.7 Å². The van der Waals surface area contributed by atoms with Crippen LogP contribution in [0.2, 0.25) is 0 Å². The van der Waals surface area contributed by atoms with Crippen molar-refractivity contribution in [1.82, 2.24) is 14.8 Å². The molecule has 0 aliphatic carbocycles. The smallest absolute Gasteiger partial charge is 0.230 e. The third kappa shape index (κ3) is 3.94. The van der Waals surface area contributed by atoms with E-state index in [2.05, 4.69) is 15.0 Å². The molecule has 1 aromatic carbocycles. The lowest BCUT2D eigenvalue weighted by atomic mass is 10.2. The van der Waals surface area contributed by atoms with Gasteiger partial charge in [-0.2, -0.15) is 0 Å². The lowest BCUT2D eigenvalue weighted by molar-refractivity contribution is 0.289. The van der Waals surface area contributed by atoms with E-state index in [-0.39, 0.29) is 11.7 Å². The number of aryl methyl sites for hydroxylation is 1. The third-order valence-corrected chi connectivity index (χ3v) is 4.54. The first-order valence-electron chi connectivity index (χ1n) is 8.53. The predicted octanol–water partition coefficient (Wildman–Crippen LogP) is 3.09. The van der Waals surface area contributed by atoms with E-state index in [1.165, 1.54) is 12.1 Å². The Morgan fingerprint density at radius 3 is 2.81 bits per heavy atom. The predicted molar refractivity (Wildman–Crippen MR) is 97.4 cm³/mol. The Labute approximate surface area is 152 Å². The number of aromatic nitrogens is 1. The summed E-state index contributed by atoms with van der Waals surface area (Å²) in [5, 5.41) is 13.2. The van der Waals surface area contributed by atoms with Crippen molar-refractivity contribution in [3.63, 3.8) is 0 Å². The van der Waals surface area contributed by atoms with Gasteiger partial charge < -0.3 is 19.7 Å². The van der Waals surface area contributed by atoms with Crippen LogP contribution in [0.4, 0.5) is 4.39 Å². The van der Waals surface area contributed by atoms with Gasteiger partial charge in [-0.15, -0.1) is 0 Å². The van der Waals surface area contributed by atoms with Crippen LogP contribution in [0.25, 0.3) is 0 Å². The number of ether oxygens (including phenoxy) is 1. The highest BCUT2D eigenvalue weighted by atomic mass is 19.1. The fourth-order valence-corrected chi connectivity index (χ4v) is 3.07. The maximum atomic E-state index is 13.5. The summed E-state index contributed by atoms with van der Waals surface area (Å²) in [6.45, 7) is 3.37. The number of nitrogens with zero attached hydrogens (tertiary/aromatic N) is 4. The van der Waals surface area contributed by atoms with Crippen molar-refractivity contribution in [2.45, 2.75) is 19.4 Å². The van der Waals surface area contributed by atoms with Crippen LogP contribution in [-0.2, 0) is 0 Å². The van der Waals surface area contributed by atoms with Crippen LogP contribution in [0.15, 0.2) is 41.6 Å². The van der Waals surface area contributed by atoms with Crippen LogP contribution in [-0.4, -0.2) is 59.1 Å². The molecule has 26 heavy (non-hydrogen) atoms. The molecule has 6 nitrogen and oxygen atoms in total. The van der Waals surface area contributed by atoms with Gasteiger partial charge in [0.1, 0.15) is 11.6 Å². The highest BCUT2D eigenvalue weighted by molar-refractivity contribution is 6.00. The molecule has 1 aliphatic heterocycles. The SMILES string of the molecule is Cc1ccc(/C(=N/O)N2CCC(N(C)C)C2)c(Oc2cccc(F)c2)n1. The number of benzene rings is 1. The quantitative estimate of drug-likeness (QED) is 0.394. The topological polar surface area (TPSA) is 61.2 Å². The highest BCUT2D eigenvalue weighted by Gasteiger charge is 2.29. The zero-order chi connectivity index (χ0) is 18.7. The molecule has 2 aromatic rings. The van der Waals surface area contributed by atoms with Crippen LogP contribution in [0.1, 0.15) is 17.7 Å². The molecule has 0 spiro atoms.